The molecule has 0 saturated carbocycles. The van der Waals surface area contributed by atoms with E-state index in [-0.39, 0.29) is 22.8 Å². The summed E-state index contributed by atoms with van der Waals surface area (Å²) in [7, 11) is 0. The van der Waals surface area contributed by atoms with Gasteiger partial charge in [0.15, 0.2) is 11.5 Å². The number of fused-ring (bicyclic) bond motifs is 1. The number of hydrogen-bond acceptors (Lipinski definition) is 7. The van der Waals surface area contributed by atoms with Crippen LogP contribution in [0.1, 0.15) is 5.56 Å². The van der Waals surface area contributed by atoms with Crippen LogP contribution in [0.25, 0.3) is 17.5 Å². The summed E-state index contributed by atoms with van der Waals surface area (Å²) in [5.41, 5.74) is 1.14. The van der Waals surface area contributed by atoms with Crippen LogP contribution in [0.4, 0.5) is 0 Å². The maximum Gasteiger partial charge on any atom is 0.342 e. The Bertz CT molecular complexity index is 1080. The van der Waals surface area contributed by atoms with E-state index in [2.05, 4.69) is 10.2 Å². The molecule has 1 N–H and O–H groups in total. The number of hydrogen-bond donors (Lipinski definition) is 1. The molecule has 0 bridgehead atoms. The smallest absolute Gasteiger partial charge is 0.342 e. The fourth-order valence-corrected chi connectivity index (χ4v) is 3.37. The average molecular weight is 437 g/mol. The standard InChI is InChI=1S/C18H10Cl2N2O5S/c19-11-3-1-9(2-4-11)16-21-22-18(27-16)28-15(17(23)24)6-10-5-13-14(7-12(10)20)26-8-25-13/h1-7H,8H2,(H,23,24)/b15-6-. The van der Waals surface area contributed by atoms with Gasteiger partial charge in [0.1, 0.15) is 4.91 Å². The van der Waals surface area contributed by atoms with Crippen molar-refractivity contribution in [3.05, 3.63) is 56.9 Å². The van der Waals surface area contributed by atoms with Crippen LogP contribution in [0.5, 0.6) is 11.5 Å². The monoisotopic (exact) mass is 436 g/mol. The molecule has 1 aromatic heterocycles. The zero-order valence-electron chi connectivity index (χ0n) is 13.9. The highest BCUT2D eigenvalue weighted by Gasteiger charge is 2.19. The molecule has 0 spiro atoms. The SMILES string of the molecule is O=C(O)/C(=C/c1cc2c(cc1Cl)OCO2)Sc1nnc(-c2ccc(Cl)cc2)o1. The molecule has 0 unspecified atom stereocenters. The quantitative estimate of drug-likeness (QED) is 0.441. The van der Waals surface area contributed by atoms with Crippen molar-refractivity contribution in [1.82, 2.24) is 10.2 Å². The van der Waals surface area contributed by atoms with E-state index in [1.807, 2.05) is 0 Å². The van der Waals surface area contributed by atoms with Crippen LogP contribution in [0, 0.1) is 0 Å². The van der Waals surface area contributed by atoms with E-state index in [0.717, 1.165) is 11.8 Å². The number of carboxylic acids is 1. The van der Waals surface area contributed by atoms with Crippen molar-refractivity contribution in [2.75, 3.05) is 6.79 Å². The summed E-state index contributed by atoms with van der Waals surface area (Å²) in [6.45, 7) is 0.0921. The van der Waals surface area contributed by atoms with Crippen LogP contribution in [-0.2, 0) is 4.79 Å². The highest BCUT2D eigenvalue weighted by Crippen LogP contribution is 2.39. The third-order valence-electron chi connectivity index (χ3n) is 3.68. The second-order valence-electron chi connectivity index (χ2n) is 5.52. The van der Waals surface area contributed by atoms with Crippen LogP contribution < -0.4 is 9.47 Å². The summed E-state index contributed by atoms with van der Waals surface area (Å²) in [5.74, 6) is 0.0967. The minimum Gasteiger partial charge on any atom is -0.477 e. The van der Waals surface area contributed by atoms with E-state index in [1.165, 1.54) is 6.08 Å². The molecule has 7 nitrogen and oxygen atoms in total. The number of ether oxygens (including phenoxy) is 2. The molecule has 1 aliphatic heterocycles. The summed E-state index contributed by atoms with van der Waals surface area (Å²) in [4.78, 5) is 11.6. The first-order valence-electron chi connectivity index (χ1n) is 7.81. The first-order valence-corrected chi connectivity index (χ1v) is 9.38. The topological polar surface area (TPSA) is 94.7 Å². The van der Waals surface area contributed by atoms with E-state index in [0.29, 0.717) is 32.7 Å². The largest absolute Gasteiger partial charge is 0.477 e. The summed E-state index contributed by atoms with van der Waals surface area (Å²) < 4.78 is 16.1. The zero-order valence-corrected chi connectivity index (χ0v) is 16.2. The molecular formula is C18H10Cl2N2O5S. The normalized spacial score (nSPS) is 13.0. The minimum absolute atomic E-state index is 0.0490. The third-order valence-corrected chi connectivity index (χ3v) is 5.12. The molecule has 2 heterocycles. The number of carbonyl (C=O) groups is 1. The van der Waals surface area contributed by atoms with Gasteiger partial charge in [0.25, 0.3) is 5.22 Å². The van der Waals surface area contributed by atoms with E-state index >= 15 is 0 Å². The Hall–Kier alpha value is -2.68. The predicted molar refractivity (Wildman–Crippen MR) is 104 cm³/mol. The molecule has 10 heteroatoms. The first-order chi connectivity index (χ1) is 13.5. The Labute approximate surface area is 172 Å². The van der Waals surface area contributed by atoms with Crippen LogP contribution >= 0.6 is 35.0 Å². The lowest BCUT2D eigenvalue weighted by Gasteiger charge is -2.03. The van der Waals surface area contributed by atoms with Crippen molar-refractivity contribution < 1.29 is 23.8 Å². The molecule has 0 radical (unpaired) electrons. The maximum atomic E-state index is 11.7. The number of halogens is 2. The van der Waals surface area contributed by atoms with E-state index < -0.39 is 5.97 Å². The number of nitrogens with zero attached hydrogens (tertiary/aromatic N) is 2. The molecule has 0 amide bonds. The van der Waals surface area contributed by atoms with E-state index in [1.54, 1.807) is 36.4 Å². The highest BCUT2D eigenvalue weighted by molar-refractivity contribution is 8.03. The van der Waals surface area contributed by atoms with Crippen molar-refractivity contribution in [1.29, 1.82) is 0 Å². The fourth-order valence-electron chi connectivity index (χ4n) is 2.37. The Morgan fingerprint density at radius 2 is 1.82 bits per heavy atom. The molecular weight excluding hydrogens is 427 g/mol. The fraction of sp³-hybridized carbons (Fsp3) is 0.0556. The predicted octanol–water partition coefficient (Wildman–Crippen LogP) is 4.99. The first kappa shape index (κ1) is 18.7. The zero-order chi connectivity index (χ0) is 19.7. The Balaban J connectivity index is 1.61. The molecule has 0 atom stereocenters. The minimum atomic E-state index is -1.16. The number of aromatic nitrogens is 2. The Morgan fingerprint density at radius 1 is 1.11 bits per heavy atom. The second-order valence-corrected chi connectivity index (χ2v) is 7.36. The molecule has 1 aliphatic rings. The summed E-state index contributed by atoms with van der Waals surface area (Å²) in [5, 5.41) is 18.4. The lowest BCUT2D eigenvalue weighted by Crippen LogP contribution is -1.97. The van der Waals surface area contributed by atoms with Crippen molar-refractivity contribution in [3.63, 3.8) is 0 Å². The molecule has 0 fully saturated rings. The van der Waals surface area contributed by atoms with Gasteiger partial charge in [-0.1, -0.05) is 23.2 Å². The van der Waals surface area contributed by atoms with Crippen molar-refractivity contribution in [2.24, 2.45) is 0 Å². The van der Waals surface area contributed by atoms with Gasteiger partial charge in [-0.15, -0.1) is 10.2 Å². The van der Waals surface area contributed by atoms with Gasteiger partial charge in [-0.25, -0.2) is 4.79 Å². The third kappa shape index (κ3) is 3.94. The molecule has 142 valence electrons. The van der Waals surface area contributed by atoms with Gasteiger partial charge in [-0.3, -0.25) is 0 Å². The summed E-state index contributed by atoms with van der Waals surface area (Å²) in [6.07, 6.45) is 1.41. The van der Waals surface area contributed by atoms with Crippen LogP contribution in [0.15, 0.2) is 50.9 Å². The van der Waals surface area contributed by atoms with Crippen LogP contribution in [-0.4, -0.2) is 28.1 Å². The summed E-state index contributed by atoms with van der Waals surface area (Å²) in [6, 6.07) is 10.0. The number of carboxylic acid groups (broad SMARTS) is 1. The van der Waals surface area contributed by atoms with Crippen molar-refractivity contribution in [3.8, 4) is 23.0 Å². The van der Waals surface area contributed by atoms with Gasteiger partial charge < -0.3 is 19.0 Å². The highest BCUT2D eigenvalue weighted by atomic mass is 35.5. The molecule has 0 saturated heterocycles. The second kappa shape index (κ2) is 7.75. The average Bonchev–Trinajstić information content (AvgIpc) is 3.31. The lowest BCUT2D eigenvalue weighted by atomic mass is 10.2. The van der Waals surface area contributed by atoms with Crippen molar-refractivity contribution in [2.45, 2.75) is 5.22 Å². The van der Waals surface area contributed by atoms with Crippen molar-refractivity contribution >= 4 is 47.0 Å². The van der Waals surface area contributed by atoms with Gasteiger partial charge in [0.05, 0.1) is 5.02 Å². The number of thioether (sulfide) groups is 1. The summed E-state index contributed by atoms with van der Waals surface area (Å²) >= 11 is 12.9. The maximum absolute atomic E-state index is 11.7. The number of aliphatic carboxylic acids is 1. The molecule has 4 rings (SSSR count). The van der Waals surface area contributed by atoms with E-state index in [4.69, 9.17) is 37.1 Å². The molecule has 3 aromatic rings. The van der Waals surface area contributed by atoms with Gasteiger partial charge >= 0.3 is 5.97 Å². The van der Waals surface area contributed by atoms with Crippen LogP contribution in [0.2, 0.25) is 10.0 Å². The van der Waals surface area contributed by atoms with Gasteiger partial charge in [0, 0.05) is 16.7 Å². The Morgan fingerprint density at radius 3 is 2.54 bits per heavy atom. The number of benzene rings is 2. The molecule has 2 aromatic carbocycles. The lowest BCUT2D eigenvalue weighted by molar-refractivity contribution is -0.131. The van der Waals surface area contributed by atoms with Crippen LogP contribution in [0.3, 0.4) is 0 Å². The van der Waals surface area contributed by atoms with Gasteiger partial charge in [0.2, 0.25) is 12.7 Å². The molecule has 0 aliphatic carbocycles. The number of rotatable bonds is 5. The van der Waals surface area contributed by atoms with E-state index in [9.17, 15) is 9.90 Å². The van der Waals surface area contributed by atoms with Gasteiger partial charge in [-0.05, 0) is 53.7 Å². The Kier molecular flexibility index (Phi) is 5.17. The molecule has 28 heavy (non-hydrogen) atoms. The van der Waals surface area contributed by atoms with Gasteiger partial charge in [-0.2, -0.15) is 0 Å².